The number of hydrogen-bond donors (Lipinski definition) is 2. The Morgan fingerprint density at radius 3 is 2.74 bits per heavy atom. The van der Waals surface area contributed by atoms with Crippen LogP contribution in [0.2, 0.25) is 0 Å². The summed E-state index contributed by atoms with van der Waals surface area (Å²) in [5.41, 5.74) is 1.83. The lowest BCUT2D eigenvalue weighted by molar-refractivity contribution is -0.143. The number of piperidine rings is 1. The first-order chi connectivity index (χ1) is 8.97. The Morgan fingerprint density at radius 1 is 1.42 bits per heavy atom. The van der Waals surface area contributed by atoms with Crippen LogP contribution in [0, 0.1) is 18.8 Å². The predicted octanol–water partition coefficient (Wildman–Crippen LogP) is 2.63. The molecule has 1 aliphatic heterocycles. The van der Waals surface area contributed by atoms with Gasteiger partial charge in [0.15, 0.2) is 0 Å². The molecule has 0 spiro atoms. The molecule has 0 saturated carbocycles. The first kappa shape index (κ1) is 13.9. The van der Waals surface area contributed by atoms with Gasteiger partial charge in [0.1, 0.15) is 0 Å². The number of thiophene rings is 1. The quantitative estimate of drug-likeness (QED) is 0.876. The summed E-state index contributed by atoms with van der Waals surface area (Å²) in [6.07, 6.45) is 0.636. The normalized spacial score (nSPS) is 23.2. The van der Waals surface area contributed by atoms with Gasteiger partial charge in [0.05, 0.1) is 11.6 Å². The van der Waals surface area contributed by atoms with Crippen molar-refractivity contribution in [3.63, 3.8) is 0 Å². The molecule has 1 aliphatic rings. The first-order valence-electron chi connectivity index (χ1n) is 6.29. The molecule has 6 heteroatoms. The van der Waals surface area contributed by atoms with Crippen LogP contribution in [0.3, 0.4) is 0 Å². The molecule has 2 atom stereocenters. The molecule has 5 nitrogen and oxygen atoms in total. The molecule has 2 N–H and O–H groups in total. The van der Waals surface area contributed by atoms with Gasteiger partial charge >= 0.3 is 12.0 Å². The van der Waals surface area contributed by atoms with Crippen LogP contribution in [0.25, 0.3) is 0 Å². The van der Waals surface area contributed by atoms with Gasteiger partial charge in [-0.3, -0.25) is 4.79 Å². The zero-order valence-electron chi connectivity index (χ0n) is 11.0. The zero-order valence-corrected chi connectivity index (χ0v) is 11.9. The number of nitrogens with one attached hydrogen (secondary N) is 1. The third-order valence-electron chi connectivity index (χ3n) is 3.39. The van der Waals surface area contributed by atoms with E-state index in [1.807, 2.05) is 24.6 Å². The lowest BCUT2D eigenvalue weighted by Crippen LogP contribution is -2.47. The third-order valence-corrected chi connectivity index (χ3v) is 4.25. The third kappa shape index (κ3) is 3.26. The summed E-state index contributed by atoms with van der Waals surface area (Å²) in [4.78, 5) is 24.8. The Balaban J connectivity index is 2.02. The number of hydrogen-bond acceptors (Lipinski definition) is 3. The number of anilines is 1. The number of amides is 2. The molecule has 2 unspecified atom stereocenters. The van der Waals surface area contributed by atoms with E-state index in [1.165, 1.54) is 11.3 Å². The summed E-state index contributed by atoms with van der Waals surface area (Å²) in [6.45, 7) is 4.81. The maximum absolute atomic E-state index is 12.2. The second-order valence-electron chi connectivity index (χ2n) is 5.18. The van der Waals surface area contributed by atoms with Crippen molar-refractivity contribution in [2.75, 3.05) is 18.4 Å². The number of rotatable bonds is 2. The Kier molecular flexibility index (Phi) is 4.09. The molecule has 19 heavy (non-hydrogen) atoms. The summed E-state index contributed by atoms with van der Waals surface area (Å²) in [5.74, 6) is -1.07. The molecule has 0 aromatic carbocycles. The molecule has 2 amide bonds. The SMILES string of the molecule is Cc1cscc1NC(=O)N1CC(C)CC(C(=O)O)C1. The molecule has 1 aromatic rings. The fourth-order valence-electron chi connectivity index (χ4n) is 2.38. The van der Waals surface area contributed by atoms with Gasteiger partial charge in [-0.25, -0.2) is 4.79 Å². The van der Waals surface area contributed by atoms with Crippen LogP contribution in [0.15, 0.2) is 10.8 Å². The summed E-state index contributed by atoms with van der Waals surface area (Å²) in [5, 5.41) is 15.8. The minimum absolute atomic E-state index is 0.209. The highest BCUT2D eigenvalue weighted by Gasteiger charge is 2.31. The molecule has 1 saturated heterocycles. The van der Waals surface area contributed by atoms with Crippen molar-refractivity contribution in [1.29, 1.82) is 0 Å². The average molecular weight is 282 g/mol. The number of carbonyl (C=O) groups is 2. The Labute approximate surface area is 116 Å². The minimum Gasteiger partial charge on any atom is -0.481 e. The second-order valence-corrected chi connectivity index (χ2v) is 5.92. The molecule has 0 aliphatic carbocycles. The monoisotopic (exact) mass is 282 g/mol. The molecule has 0 radical (unpaired) electrons. The van der Waals surface area contributed by atoms with Crippen molar-refractivity contribution in [3.8, 4) is 0 Å². The van der Waals surface area contributed by atoms with Gasteiger partial charge in [-0.05, 0) is 30.2 Å². The van der Waals surface area contributed by atoms with Crippen molar-refractivity contribution >= 4 is 29.0 Å². The van der Waals surface area contributed by atoms with Crippen LogP contribution in [0.1, 0.15) is 18.9 Å². The van der Waals surface area contributed by atoms with E-state index >= 15 is 0 Å². The topological polar surface area (TPSA) is 69.6 Å². The molecule has 104 valence electrons. The maximum atomic E-state index is 12.2. The van der Waals surface area contributed by atoms with Gasteiger partial charge in [-0.2, -0.15) is 0 Å². The number of carbonyl (C=O) groups excluding carboxylic acids is 1. The van der Waals surface area contributed by atoms with Gasteiger partial charge in [0.25, 0.3) is 0 Å². The summed E-state index contributed by atoms with van der Waals surface area (Å²) < 4.78 is 0. The Morgan fingerprint density at radius 2 is 2.16 bits per heavy atom. The van der Waals surface area contributed by atoms with Gasteiger partial charge in [-0.15, -0.1) is 11.3 Å². The van der Waals surface area contributed by atoms with E-state index in [0.717, 1.165) is 11.3 Å². The van der Waals surface area contributed by atoms with Crippen LogP contribution < -0.4 is 5.32 Å². The number of urea groups is 1. The molecular weight excluding hydrogens is 264 g/mol. The van der Waals surface area contributed by atoms with Crippen molar-refractivity contribution < 1.29 is 14.7 Å². The fourth-order valence-corrected chi connectivity index (χ4v) is 3.16. The van der Waals surface area contributed by atoms with E-state index < -0.39 is 11.9 Å². The molecule has 0 bridgehead atoms. The number of likely N-dealkylation sites (tertiary alicyclic amines) is 1. The van der Waals surface area contributed by atoms with Gasteiger partial charge in [0.2, 0.25) is 0 Å². The second kappa shape index (κ2) is 5.61. The Bertz CT molecular complexity index is 486. The number of carboxylic acid groups (broad SMARTS) is 1. The van der Waals surface area contributed by atoms with E-state index in [2.05, 4.69) is 5.32 Å². The highest BCUT2D eigenvalue weighted by atomic mass is 32.1. The summed E-state index contributed by atoms with van der Waals surface area (Å²) in [7, 11) is 0. The predicted molar refractivity (Wildman–Crippen MR) is 74.6 cm³/mol. The number of aliphatic carboxylic acids is 1. The Hall–Kier alpha value is -1.56. The average Bonchev–Trinajstić information content (AvgIpc) is 2.74. The largest absolute Gasteiger partial charge is 0.481 e. The van der Waals surface area contributed by atoms with Gasteiger partial charge in [0, 0.05) is 18.5 Å². The van der Waals surface area contributed by atoms with Crippen molar-refractivity contribution in [1.82, 2.24) is 4.90 Å². The van der Waals surface area contributed by atoms with Crippen molar-refractivity contribution in [3.05, 3.63) is 16.3 Å². The van der Waals surface area contributed by atoms with Crippen LogP contribution >= 0.6 is 11.3 Å². The fraction of sp³-hybridized carbons (Fsp3) is 0.538. The minimum atomic E-state index is -0.823. The molecule has 1 aromatic heterocycles. The van der Waals surface area contributed by atoms with Crippen molar-refractivity contribution in [2.24, 2.45) is 11.8 Å². The lowest BCUT2D eigenvalue weighted by atomic mass is 9.91. The maximum Gasteiger partial charge on any atom is 0.321 e. The molecular formula is C13H18N2O3S. The molecule has 1 fully saturated rings. The first-order valence-corrected chi connectivity index (χ1v) is 7.23. The highest BCUT2D eigenvalue weighted by Crippen LogP contribution is 2.24. The smallest absolute Gasteiger partial charge is 0.321 e. The van der Waals surface area contributed by atoms with Crippen LogP contribution in [-0.4, -0.2) is 35.1 Å². The molecule has 2 rings (SSSR count). The van der Waals surface area contributed by atoms with E-state index in [-0.39, 0.29) is 18.5 Å². The van der Waals surface area contributed by atoms with E-state index in [1.54, 1.807) is 4.90 Å². The summed E-state index contributed by atoms with van der Waals surface area (Å²) in [6, 6.07) is -0.209. The zero-order chi connectivity index (χ0) is 14.0. The number of aryl methyl sites for hydroxylation is 1. The number of nitrogens with zero attached hydrogens (tertiary/aromatic N) is 1. The van der Waals surface area contributed by atoms with Crippen LogP contribution in [0.5, 0.6) is 0 Å². The van der Waals surface area contributed by atoms with Crippen LogP contribution in [-0.2, 0) is 4.79 Å². The van der Waals surface area contributed by atoms with E-state index in [0.29, 0.717) is 13.0 Å². The lowest BCUT2D eigenvalue weighted by Gasteiger charge is -2.34. The van der Waals surface area contributed by atoms with E-state index in [9.17, 15) is 9.59 Å². The molecule has 2 heterocycles. The standard InChI is InChI=1S/C13H18N2O3S/c1-8-3-10(12(16)17)5-15(4-8)13(18)14-11-7-19-6-9(11)2/h6-8,10H,3-5H2,1-2H3,(H,14,18)(H,16,17). The van der Waals surface area contributed by atoms with Gasteiger partial charge in [-0.1, -0.05) is 6.92 Å². The van der Waals surface area contributed by atoms with Crippen molar-refractivity contribution in [2.45, 2.75) is 20.3 Å². The number of carboxylic acids is 1. The van der Waals surface area contributed by atoms with Crippen LogP contribution in [0.4, 0.5) is 10.5 Å². The van der Waals surface area contributed by atoms with Gasteiger partial charge < -0.3 is 15.3 Å². The van der Waals surface area contributed by atoms with E-state index in [4.69, 9.17) is 5.11 Å². The summed E-state index contributed by atoms with van der Waals surface area (Å²) >= 11 is 1.53. The highest BCUT2D eigenvalue weighted by molar-refractivity contribution is 7.08.